The van der Waals surface area contributed by atoms with Gasteiger partial charge in [0.25, 0.3) is 5.91 Å². The lowest BCUT2D eigenvalue weighted by atomic mass is 10.4. The van der Waals surface area contributed by atoms with Crippen LogP contribution in [0.4, 0.5) is 5.13 Å². The molecule has 0 saturated carbocycles. The highest BCUT2D eigenvalue weighted by molar-refractivity contribution is 7.13. The van der Waals surface area contributed by atoms with Crippen LogP contribution in [-0.2, 0) is 5.88 Å². The van der Waals surface area contributed by atoms with Gasteiger partial charge < -0.3 is 4.42 Å². The Bertz CT molecular complexity index is 454. The van der Waals surface area contributed by atoms with E-state index >= 15 is 0 Å². The smallest absolute Gasteiger partial charge is 0.293 e. The molecule has 0 saturated heterocycles. The van der Waals surface area contributed by atoms with Crippen LogP contribution in [0.1, 0.15) is 16.3 Å². The predicted molar refractivity (Wildman–Crippen MR) is 56.1 cm³/mol. The van der Waals surface area contributed by atoms with Gasteiger partial charge in [0.15, 0.2) is 5.76 Å². The van der Waals surface area contributed by atoms with Crippen LogP contribution in [0.15, 0.2) is 22.1 Å². The third-order valence-electron chi connectivity index (χ3n) is 1.60. The SMILES string of the molecule is O=C(Nc1nncs1)c1ccc(CCl)o1. The highest BCUT2D eigenvalue weighted by Crippen LogP contribution is 2.13. The summed E-state index contributed by atoms with van der Waals surface area (Å²) in [6, 6.07) is 3.22. The Labute approximate surface area is 94.1 Å². The topological polar surface area (TPSA) is 68.0 Å². The fraction of sp³-hybridized carbons (Fsp3) is 0.125. The van der Waals surface area contributed by atoms with Crippen LogP contribution >= 0.6 is 22.9 Å². The van der Waals surface area contributed by atoms with Gasteiger partial charge in [-0.25, -0.2) is 0 Å². The van der Waals surface area contributed by atoms with Crippen molar-refractivity contribution in [3.05, 3.63) is 29.2 Å². The molecular weight excluding hydrogens is 238 g/mol. The monoisotopic (exact) mass is 243 g/mol. The average Bonchev–Trinajstić information content (AvgIpc) is 2.86. The van der Waals surface area contributed by atoms with Gasteiger partial charge in [0.1, 0.15) is 11.3 Å². The highest BCUT2D eigenvalue weighted by Gasteiger charge is 2.12. The number of rotatable bonds is 3. The average molecular weight is 244 g/mol. The van der Waals surface area contributed by atoms with E-state index in [1.807, 2.05) is 0 Å². The minimum absolute atomic E-state index is 0.209. The molecule has 0 fully saturated rings. The Morgan fingerprint density at radius 3 is 3.07 bits per heavy atom. The lowest BCUT2D eigenvalue weighted by molar-refractivity contribution is 0.0995. The van der Waals surface area contributed by atoms with Gasteiger partial charge in [-0.3, -0.25) is 10.1 Å². The third kappa shape index (κ3) is 2.34. The van der Waals surface area contributed by atoms with Crippen molar-refractivity contribution in [2.24, 2.45) is 0 Å². The number of nitrogens with zero attached hydrogens (tertiary/aromatic N) is 2. The third-order valence-corrected chi connectivity index (χ3v) is 2.47. The van der Waals surface area contributed by atoms with Crippen molar-refractivity contribution in [2.75, 3.05) is 5.32 Å². The van der Waals surface area contributed by atoms with E-state index in [2.05, 4.69) is 15.5 Å². The Kier molecular flexibility index (Phi) is 2.98. The molecule has 0 aromatic carbocycles. The fourth-order valence-electron chi connectivity index (χ4n) is 0.958. The highest BCUT2D eigenvalue weighted by atomic mass is 35.5. The van der Waals surface area contributed by atoms with Gasteiger partial charge in [0, 0.05) is 0 Å². The molecule has 0 bridgehead atoms. The summed E-state index contributed by atoms with van der Waals surface area (Å²) in [4.78, 5) is 11.5. The Hall–Kier alpha value is -1.40. The van der Waals surface area contributed by atoms with Crippen LogP contribution in [-0.4, -0.2) is 16.1 Å². The molecule has 2 rings (SSSR count). The van der Waals surface area contributed by atoms with Gasteiger partial charge in [-0.05, 0) is 12.1 Å². The number of nitrogens with one attached hydrogen (secondary N) is 1. The van der Waals surface area contributed by atoms with Gasteiger partial charge in [0.2, 0.25) is 5.13 Å². The van der Waals surface area contributed by atoms with E-state index in [4.69, 9.17) is 16.0 Å². The summed E-state index contributed by atoms with van der Waals surface area (Å²) in [5.74, 6) is 0.648. The molecule has 78 valence electrons. The van der Waals surface area contributed by atoms with Gasteiger partial charge in [0.05, 0.1) is 5.88 Å². The molecule has 2 aromatic heterocycles. The van der Waals surface area contributed by atoms with Crippen molar-refractivity contribution in [2.45, 2.75) is 5.88 Å². The van der Waals surface area contributed by atoms with Crippen LogP contribution in [0.3, 0.4) is 0 Å². The predicted octanol–water partition coefficient (Wildman–Crippen LogP) is 2.12. The zero-order valence-electron chi connectivity index (χ0n) is 7.44. The number of carbonyl (C=O) groups is 1. The standard InChI is InChI=1S/C8H6ClN3O2S/c9-3-5-1-2-6(14-5)7(13)11-8-12-10-4-15-8/h1-2,4H,3H2,(H,11,12,13). The first-order valence-corrected chi connectivity index (χ1v) is 5.43. The summed E-state index contributed by atoms with van der Waals surface area (Å²) in [5, 5.41) is 10.2. The second-order valence-electron chi connectivity index (χ2n) is 2.60. The molecule has 1 amide bonds. The minimum Gasteiger partial charge on any atom is -0.455 e. The number of halogens is 1. The Morgan fingerprint density at radius 1 is 1.60 bits per heavy atom. The molecule has 15 heavy (non-hydrogen) atoms. The van der Waals surface area contributed by atoms with E-state index in [1.54, 1.807) is 12.1 Å². The summed E-state index contributed by atoms with van der Waals surface area (Å²) < 4.78 is 5.16. The minimum atomic E-state index is -0.358. The van der Waals surface area contributed by atoms with E-state index in [9.17, 15) is 4.79 Å². The number of furan rings is 1. The molecule has 0 spiro atoms. The van der Waals surface area contributed by atoms with E-state index in [1.165, 1.54) is 16.8 Å². The maximum atomic E-state index is 11.5. The van der Waals surface area contributed by atoms with E-state index in [0.717, 1.165) is 0 Å². The van der Waals surface area contributed by atoms with Crippen molar-refractivity contribution >= 4 is 34.0 Å². The zero-order chi connectivity index (χ0) is 10.7. The van der Waals surface area contributed by atoms with E-state index in [-0.39, 0.29) is 17.5 Å². The summed E-state index contributed by atoms with van der Waals surface area (Å²) in [6.45, 7) is 0. The van der Waals surface area contributed by atoms with Crippen LogP contribution < -0.4 is 5.32 Å². The normalized spacial score (nSPS) is 10.2. The number of aromatic nitrogens is 2. The number of alkyl halides is 1. The molecule has 0 aliphatic carbocycles. The van der Waals surface area contributed by atoms with Crippen LogP contribution in [0, 0.1) is 0 Å². The van der Waals surface area contributed by atoms with E-state index in [0.29, 0.717) is 10.9 Å². The first-order valence-electron chi connectivity index (χ1n) is 4.02. The molecule has 0 aliphatic rings. The van der Waals surface area contributed by atoms with Gasteiger partial charge in [-0.15, -0.1) is 21.8 Å². The Balaban J connectivity index is 2.08. The van der Waals surface area contributed by atoms with Gasteiger partial charge >= 0.3 is 0 Å². The molecular formula is C8H6ClN3O2S. The Morgan fingerprint density at radius 2 is 2.47 bits per heavy atom. The van der Waals surface area contributed by atoms with Crippen LogP contribution in [0.25, 0.3) is 0 Å². The number of hydrogen-bond donors (Lipinski definition) is 1. The number of carbonyl (C=O) groups excluding carboxylic acids is 1. The second kappa shape index (κ2) is 4.41. The summed E-state index contributed by atoms with van der Waals surface area (Å²) in [5.41, 5.74) is 1.53. The summed E-state index contributed by atoms with van der Waals surface area (Å²) in [6.07, 6.45) is 0. The number of amides is 1. The molecule has 1 N–H and O–H groups in total. The molecule has 0 unspecified atom stereocenters. The maximum absolute atomic E-state index is 11.5. The lowest BCUT2D eigenvalue weighted by Gasteiger charge is -1.96. The molecule has 7 heteroatoms. The molecule has 0 aliphatic heterocycles. The van der Waals surface area contributed by atoms with Crippen molar-refractivity contribution in [1.82, 2.24) is 10.2 Å². The van der Waals surface area contributed by atoms with Crippen molar-refractivity contribution < 1.29 is 9.21 Å². The first-order chi connectivity index (χ1) is 7.29. The van der Waals surface area contributed by atoms with Crippen molar-refractivity contribution in [3.63, 3.8) is 0 Å². The van der Waals surface area contributed by atoms with Gasteiger partial charge in [-0.2, -0.15) is 0 Å². The molecule has 0 radical (unpaired) electrons. The quantitative estimate of drug-likeness (QED) is 0.839. The molecule has 0 atom stereocenters. The van der Waals surface area contributed by atoms with Crippen molar-refractivity contribution in [3.8, 4) is 0 Å². The second-order valence-corrected chi connectivity index (χ2v) is 3.70. The summed E-state index contributed by atoms with van der Waals surface area (Å²) >= 11 is 6.78. The van der Waals surface area contributed by atoms with Gasteiger partial charge in [-0.1, -0.05) is 11.3 Å². The molecule has 2 heterocycles. The zero-order valence-corrected chi connectivity index (χ0v) is 9.01. The first kappa shape index (κ1) is 10.1. The molecule has 5 nitrogen and oxygen atoms in total. The number of anilines is 1. The number of hydrogen-bond acceptors (Lipinski definition) is 5. The summed E-state index contributed by atoms with van der Waals surface area (Å²) in [7, 11) is 0. The maximum Gasteiger partial charge on any atom is 0.293 e. The van der Waals surface area contributed by atoms with Crippen molar-refractivity contribution in [1.29, 1.82) is 0 Å². The van der Waals surface area contributed by atoms with E-state index < -0.39 is 0 Å². The van der Waals surface area contributed by atoms with Crippen LogP contribution in [0.2, 0.25) is 0 Å². The van der Waals surface area contributed by atoms with Crippen LogP contribution in [0.5, 0.6) is 0 Å². The lowest BCUT2D eigenvalue weighted by Crippen LogP contribution is -2.10. The fourth-order valence-corrected chi connectivity index (χ4v) is 1.54. The molecule has 2 aromatic rings. The largest absolute Gasteiger partial charge is 0.455 e.